The monoisotopic (exact) mass is 506 g/mol. The van der Waals surface area contributed by atoms with Crippen LogP contribution in [0, 0.1) is 20.8 Å². The standard InChI is InChI=1S/C24H24Cl2N2O4S/c1-15-5-10-22(32-4)23(11-15)33(30,31)28(19-8-6-16(2)17(3)12-19)14-24(29)27-21-9-7-18(25)13-20(21)26/h5-13H,14H2,1-4H3,(H,27,29). The fourth-order valence-corrected chi connectivity index (χ4v) is 5.32. The van der Waals surface area contributed by atoms with Gasteiger partial charge in [-0.25, -0.2) is 8.42 Å². The second-order valence-corrected chi connectivity index (χ2v) is 10.3. The number of halogens is 2. The van der Waals surface area contributed by atoms with Crippen molar-refractivity contribution in [2.45, 2.75) is 25.7 Å². The van der Waals surface area contributed by atoms with Gasteiger partial charge >= 0.3 is 0 Å². The molecule has 0 fully saturated rings. The zero-order chi connectivity index (χ0) is 24.3. The van der Waals surface area contributed by atoms with E-state index in [1.165, 1.54) is 19.2 Å². The average Bonchev–Trinajstić information content (AvgIpc) is 2.76. The van der Waals surface area contributed by atoms with E-state index in [1.54, 1.807) is 43.3 Å². The summed E-state index contributed by atoms with van der Waals surface area (Å²) in [6.07, 6.45) is 0. The molecule has 0 aromatic heterocycles. The van der Waals surface area contributed by atoms with E-state index in [2.05, 4.69) is 5.32 Å². The normalized spacial score (nSPS) is 11.2. The summed E-state index contributed by atoms with van der Waals surface area (Å²) in [7, 11) is -2.76. The third-order valence-electron chi connectivity index (χ3n) is 5.16. The summed E-state index contributed by atoms with van der Waals surface area (Å²) in [5.74, 6) is -0.372. The van der Waals surface area contributed by atoms with Gasteiger partial charge < -0.3 is 10.1 Å². The number of carbonyl (C=O) groups is 1. The number of hydrogen-bond donors (Lipinski definition) is 1. The molecule has 0 saturated carbocycles. The van der Waals surface area contributed by atoms with Crippen molar-refractivity contribution in [2.24, 2.45) is 0 Å². The van der Waals surface area contributed by atoms with E-state index in [1.807, 2.05) is 19.9 Å². The molecule has 1 N–H and O–H groups in total. The van der Waals surface area contributed by atoms with Gasteiger partial charge in [-0.1, -0.05) is 35.3 Å². The zero-order valence-corrected chi connectivity index (χ0v) is 21.0. The molecular weight excluding hydrogens is 483 g/mol. The third-order valence-corrected chi connectivity index (χ3v) is 7.50. The molecule has 3 rings (SSSR count). The highest BCUT2D eigenvalue weighted by atomic mass is 35.5. The van der Waals surface area contributed by atoms with Crippen LogP contribution in [0.2, 0.25) is 10.0 Å². The van der Waals surface area contributed by atoms with Gasteiger partial charge in [0.25, 0.3) is 10.0 Å². The van der Waals surface area contributed by atoms with Gasteiger partial charge in [-0.2, -0.15) is 0 Å². The summed E-state index contributed by atoms with van der Waals surface area (Å²) in [5, 5.41) is 3.33. The zero-order valence-electron chi connectivity index (χ0n) is 18.6. The van der Waals surface area contributed by atoms with E-state index in [9.17, 15) is 13.2 Å². The lowest BCUT2D eigenvalue weighted by Crippen LogP contribution is -2.38. The molecule has 174 valence electrons. The molecule has 9 heteroatoms. The number of nitrogens with one attached hydrogen (secondary N) is 1. The highest BCUT2D eigenvalue weighted by molar-refractivity contribution is 7.93. The molecule has 1 amide bonds. The van der Waals surface area contributed by atoms with Gasteiger partial charge in [0.15, 0.2) is 0 Å². The van der Waals surface area contributed by atoms with Crippen LogP contribution in [0.1, 0.15) is 16.7 Å². The number of carbonyl (C=O) groups excluding carboxylic acids is 1. The number of nitrogens with zero attached hydrogens (tertiary/aromatic N) is 1. The topological polar surface area (TPSA) is 75.7 Å². The molecular formula is C24H24Cl2N2O4S. The van der Waals surface area contributed by atoms with Crippen LogP contribution in [0.15, 0.2) is 59.5 Å². The molecule has 3 aromatic carbocycles. The SMILES string of the molecule is COc1ccc(C)cc1S(=O)(=O)N(CC(=O)Nc1ccc(Cl)cc1Cl)c1ccc(C)c(C)c1. The number of ether oxygens (including phenoxy) is 1. The summed E-state index contributed by atoms with van der Waals surface area (Å²) in [6, 6.07) is 14.7. The lowest BCUT2D eigenvalue weighted by Gasteiger charge is -2.26. The summed E-state index contributed by atoms with van der Waals surface area (Å²) >= 11 is 12.1. The number of rotatable bonds is 7. The van der Waals surface area contributed by atoms with Gasteiger partial charge in [-0.05, 0) is 79.9 Å². The van der Waals surface area contributed by atoms with E-state index in [0.29, 0.717) is 16.4 Å². The van der Waals surface area contributed by atoms with E-state index in [-0.39, 0.29) is 15.7 Å². The van der Waals surface area contributed by atoms with Gasteiger partial charge in [0, 0.05) is 5.02 Å². The second-order valence-electron chi connectivity index (χ2n) is 7.61. The Kier molecular flexibility index (Phi) is 7.57. The number of aryl methyl sites for hydroxylation is 3. The molecule has 0 aliphatic carbocycles. The van der Waals surface area contributed by atoms with Crippen LogP contribution in [0.4, 0.5) is 11.4 Å². The van der Waals surface area contributed by atoms with E-state index in [0.717, 1.165) is 21.0 Å². The first-order chi connectivity index (χ1) is 15.5. The third kappa shape index (κ3) is 5.61. The Balaban J connectivity index is 2.05. The highest BCUT2D eigenvalue weighted by Crippen LogP contribution is 2.32. The summed E-state index contributed by atoms with van der Waals surface area (Å²) in [6.45, 7) is 5.12. The molecule has 0 atom stereocenters. The van der Waals surface area contributed by atoms with Crippen molar-refractivity contribution in [1.29, 1.82) is 0 Å². The maximum atomic E-state index is 13.8. The fraction of sp³-hybridized carbons (Fsp3) is 0.208. The predicted octanol–water partition coefficient (Wildman–Crippen LogP) is 5.76. The second kappa shape index (κ2) is 10.0. The summed E-state index contributed by atoms with van der Waals surface area (Å²) in [4.78, 5) is 12.9. The molecule has 0 saturated heterocycles. The van der Waals surface area contributed by atoms with Crippen LogP contribution in [0.5, 0.6) is 5.75 Å². The largest absolute Gasteiger partial charge is 0.495 e. The number of anilines is 2. The lowest BCUT2D eigenvalue weighted by molar-refractivity contribution is -0.114. The van der Waals surface area contributed by atoms with Crippen LogP contribution >= 0.6 is 23.2 Å². The molecule has 0 radical (unpaired) electrons. The van der Waals surface area contributed by atoms with Crippen LogP contribution in [-0.4, -0.2) is 28.0 Å². The minimum absolute atomic E-state index is 0.0273. The average molecular weight is 507 g/mol. The van der Waals surface area contributed by atoms with Crippen LogP contribution in [0.3, 0.4) is 0 Å². The van der Waals surface area contributed by atoms with Crippen molar-refractivity contribution < 1.29 is 17.9 Å². The Morgan fingerprint density at radius 3 is 2.33 bits per heavy atom. The van der Waals surface area contributed by atoms with Crippen molar-refractivity contribution >= 4 is 50.5 Å². The maximum absolute atomic E-state index is 13.8. The van der Waals surface area contributed by atoms with Crippen molar-refractivity contribution in [3.8, 4) is 5.75 Å². The molecule has 6 nitrogen and oxygen atoms in total. The fourth-order valence-electron chi connectivity index (χ4n) is 3.21. The van der Waals surface area contributed by atoms with Crippen molar-refractivity contribution in [2.75, 3.05) is 23.3 Å². The molecule has 33 heavy (non-hydrogen) atoms. The Hall–Kier alpha value is -2.74. The predicted molar refractivity (Wildman–Crippen MR) is 133 cm³/mol. The van der Waals surface area contributed by atoms with Gasteiger partial charge in [-0.3, -0.25) is 9.10 Å². The molecule has 0 unspecified atom stereocenters. The summed E-state index contributed by atoms with van der Waals surface area (Å²) < 4.78 is 33.9. The van der Waals surface area contributed by atoms with E-state index < -0.39 is 22.5 Å². The minimum Gasteiger partial charge on any atom is -0.495 e. The number of sulfonamides is 1. The summed E-state index contributed by atoms with van der Waals surface area (Å²) in [5.41, 5.74) is 3.33. The van der Waals surface area contributed by atoms with Gasteiger partial charge in [-0.15, -0.1) is 0 Å². The van der Waals surface area contributed by atoms with Gasteiger partial charge in [0.05, 0.1) is 23.5 Å². The van der Waals surface area contributed by atoms with Gasteiger partial charge in [0.2, 0.25) is 5.91 Å². The first kappa shape index (κ1) is 24.9. The maximum Gasteiger partial charge on any atom is 0.268 e. The van der Waals surface area contributed by atoms with E-state index >= 15 is 0 Å². The van der Waals surface area contributed by atoms with Crippen LogP contribution in [0.25, 0.3) is 0 Å². The Morgan fingerprint density at radius 2 is 1.70 bits per heavy atom. The number of hydrogen-bond acceptors (Lipinski definition) is 4. The Labute approximate surface area is 204 Å². The van der Waals surface area contributed by atoms with Crippen molar-refractivity contribution in [3.05, 3.63) is 81.3 Å². The van der Waals surface area contributed by atoms with Crippen LogP contribution in [-0.2, 0) is 14.8 Å². The molecule has 3 aromatic rings. The molecule has 0 heterocycles. The Morgan fingerprint density at radius 1 is 0.970 bits per heavy atom. The highest BCUT2D eigenvalue weighted by Gasteiger charge is 2.30. The Bertz CT molecular complexity index is 1310. The smallest absolute Gasteiger partial charge is 0.268 e. The first-order valence-electron chi connectivity index (χ1n) is 10.0. The number of amides is 1. The quantitative estimate of drug-likeness (QED) is 0.441. The van der Waals surface area contributed by atoms with Crippen LogP contribution < -0.4 is 14.4 Å². The molecule has 0 aliphatic heterocycles. The minimum atomic E-state index is -4.16. The number of methoxy groups -OCH3 is 1. The first-order valence-corrected chi connectivity index (χ1v) is 12.2. The lowest BCUT2D eigenvalue weighted by atomic mass is 10.1. The van der Waals surface area contributed by atoms with E-state index in [4.69, 9.17) is 27.9 Å². The molecule has 0 bridgehead atoms. The number of benzene rings is 3. The van der Waals surface area contributed by atoms with Crippen molar-refractivity contribution in [3.63, 3.8) is 0 Å². The van der Waals surface area contributed by atoms with Gasteiger partial charge in [0.1, 0.15) is 17.2 Å². The van der Waals surface area contributed by atoms with Crippen molar-refractivity contribution in [1.82, 2.24) is 0 Å². The molecule has 0 spiro atoms. The molecule has 0 aliphatic rings.